The maximum atomic E-state index is 14.2. The van der Waals surface area contributed by atoms with Crippen LogP contribution in [0.25, 0.3) is 10.4 Å². The van der Waals surface area contributed by atoms with Crippen LogP contribution in [0, 0.1) is 11.8 Å². The van der Waals surface area contributed by atoms with Crippen LogP contribution in [0.1, 0.15) is 30.9 Å². The number of fused-ring (bicyclic) bond motifs is 2. The molecule has 0 spiro atoms. The standard InChI is InChI=1S/C24H21ClF3N5O2S/c25-21(26)23(35)33(17-3-1-13(2-4-17)19-10-31-12-36-19)20(15-8-29-11-30-9-15)22(34)32-18-6-16-5-14(18)7-24(16,27)28/h1-4,8-12,14,16,18,20-21H,5-7H2,(H,32,34)/t14-,16-,18-,20?,21+/m1/s1. The molecular weight excluding hydrogens is 515 g/mol. The van der Waals surface area contributed by atoms with Crippen LogP contribution >= 0.6 is 22.9 Å². The maximum absolute atomic E-state index is 14.2. The van der Waals surface area contributed by atoms with Crippen molar-refractivity contribution >= 4 is 40.4 Å². The first kappa shape index (κ1) is 24.6. The number of hydrogen-bond donors (Lipinski definition) is 1. The van der Waals surface area contributed by atoms with E-state index < -0.39 is 41.4 Å². The fraction of sp³-hybridized carbons (Fsp3) is 0.375. The van der Waals surface area contributed by atoms with Gasteiger partial charge >= 0.3 is 0 Å². The second-order valence-corrected chi connectivity index (χ2v) is 10.3. The molecule has 1 N–H and O–H groups in total. The third-order valence-electron chi connectivity index (χ3n) is 6.84. The zero-order valence-corrected chi connectivity index (χ0v) is 20.3. The number of amides is 2. The number of thiazole rings is 1. The SMILES string of the molecule is O=C(N[C@@H]1C[C@H]2C[C@@H]1CC2(F)F)C(c1cncnc1)N(C(=O)[C@H](F)Cl)c1ccc(-c2cncs2)cc1. The van der Waals surface area contributed by atoms with E-state index in [-0.39, 0.29) is 30.0 Å². The van der Waals surface area contributed by atoms with Crippen molar-refractivity contribution in [3.63, 3.8) is 0 Å². The second-order valence-electron chi connectivity index (χ2n) is 9.00. The number of aromatic nitrogens is 3. The van der Waals surface area contributed by atoms with Crippen molar-refractivity contribution < 1.29 is 22.8 Å². The minimum atomic E-state index is -2.74. The molecule has 0 saturated heterocycles. The zero-order valence-electron chi connectivity index (χ0n) is 18.7. The third kappa shape index (κ3) is 4.69. The Morgan fingerprint density at radius 2 is 1.83 bits per heavy atom. The van der Waals surface area contributed by atoms with Crippen LogP contribution in [-0.2, 0) is 9.59 Å². The number of benzene rings is 1. The van der Waals surface area contributed by atoms with Crippen LogP contribution in [0.4, 0.5) is 18.9 Å². The molecule has 2 saturated carbocycles. The molecule has 7 nitrogen and oxygen atoms in total. The average molecular weight is 536 g/mol. The minimum Gasteiger partial charge on any atom is -0.351 e. The highest BCUT2D eigenvalue weighted by Gasteiger charge is 2.57. The summed E-state index contributed by atoms with van der Waals surface area (Å²) in [6, 6.07) is 4.75. The first-order chi connectivity index (χ1) is 17.2. The molecule has 2 heterocycles. The van der Waals surface area contributed by atoms with E-state index in [0.29, 0.717) is 6.42 Å². The fourth-order valence-corrected chi connectivity index (χ4v) is 5.91. The Hall–Kier alpha value is -3.05. The number of carbonyl (C=O) groups excluding carboxylic acids is 2. The summed E-state index contributed by atoms with van der Waals surface area (Å²) in [5, 5.41) is 2.83. The van der Waals surface area contributed by atoms with Gasteiger partial charge in [0.15, 0.2) is 0 Å². The van der Waals surface area contributed by atoms with E-state index in [1.165, 1.54) is 30.1 Å². The number of nitrogens with zero attached hydrogens (tertiary/aromatic N) is 4. The topological polar surface area (TPSA) is 88.1 Å². The Balaban J connectivity index is 1.49. The summed E-state index contributed by atoms with van der Waals surface area (Å²) in [5.41, 5.74) is 0.526. The van der Waals surface area contributed by atoms with Crippen molar-refractivity contribution in [3.05, 3.63) is 60.3 Å². The Labute approximate surface area is 213 Å². The van der Waals surface area contributed by atoms with Gasteiger partial charge in [-0.1, -0.05) is 23.7 Å². The quantitative estimate of drug-likeness (QED) is 0.441. The monoisotopic (exact) mass is 535 g/mol. The minimum absolute atomic E-state index is 0.139. The molecule has 3 aromatic rings. The molecule has 5 atom stereocenters. The predicted molar refractivity (Wildman–Crippen MR) is 128 cm³/mol. The Kier molecular flexibility index (Phi) is 6.69. The summed E-state index contributed by atoms with van der Waals surface area (Å²) in [7, 11) is 0. The number of nitrogens with one attached hydrogen (secondary N) is 1. The Morgan fingerprint density at radius 3 is 2.39 bits per heavy atom. The molecular formula is C24H21ClF3N5O2S. The summed E-state index contributed by atoms with van der Waals surface area (Å²) in [6.45, 7) is 0. The molecule has 2 amide bonds. The molecule has 2 fully saturated rings. The van der Waals surface area contributed by atoms with Crippen LogP contribution in [0.5, 0.6) is 0 Å². The van der Waals surface area contributed by atoms with E-state index in [4.69, 9.17) is 11.6 Å². The van der Waals surface area contributed by atoms with Gasteiger partial charge in [-0.05, 0) is 36.5 Å². The highest BCUT2D eigenvalue weighted by Crippen LogP contribution is 2.53. The number of rotatable bonds is 7. The molecule has 2 aliphatic rings. The molecule has 5 rings (SSSR count). The number of anilines is 1. The summed E-state index contributed by atoms with van der Waals surface area (Å²) in [4.78, 5) is 40.4. The molecule has 0 radical (unpaired) electrons. The van der Waals surface area contributed by atoms with Crippen LogP contribution in [0.2, 0.25) is 0 Å². The lowest BCUT2D eigenvalue weighted by molar-refractivity contribution is -0.128. The number of hydrogen-bond acceptors (Lipinski definition) is 6. The van der Waals surface area contributed by atoms with Gasteiger partial charge in [-0.15, -0.1) is 11.3 Å². The van der Waals surface area contributed by atoms with Crippen molar-refractivity contribution in [2.24, 2.45) is 11.8 Å². The lowest BCUT2D eigenvalue weighted by atomic mass is 9.92. The molecule has 2 aromatic heterocycles. The fourth-order valence-electron chi connectivity index (χ4n) is 5.17. The van der Waals surface area contributed by atoms with Gasteiger partial charge < -0.3 is 5.32 Å². The average Bonchev–Trinajstić information content (AvgIpc) is 3.59. The number of halogens is 4. The van der Waals surface area contributed by atoms with Gasteiger partial charge in [0.2, 0.25) is 5.91 Å². The zero-order chi connectivity index (χ0) is 25.4. The number of carbonyl (C=O) groups is 2. The van der Waals surface area contributed by atoms with E-state index in [2.05, 4.69) is 20.3 Å². The molecule has 2 bridgehead atoms. The molecule has 1 aromatic carbocycles. The Bertz CT molecular complexity index is 1230. The smallest absolute Gasteiger partial charge is 0.278 e. The Morgan fingerprint density at radius 1 is 1.11 bits per heavy atom. The highest BCUT2D eigenvalue weighted by atomic mass is 35.5. The van der Waals surface area contributed by atoms with E-state index in [1.54, 1.807) is 36.0 Å². The van der Waals surface area contributed by atoms with Crippen LogP contribution in [0.15, 0.2) is 54.7 Å². The summed E-state index contributed by atoms with van der Waals surface area (Å²) >= 11 is 6.99. The van der Waals surface area contributed by atoms with E-state index in [0.717, 1.165) is 15.3 Å². The van der Waals surface area contributed by atoms with Crippen LogP contribution in [0.3, 0.4) is 0 Å². The van der Waals surface area contributed by atoms with Gasteiger partial charge in [-0.25, -0.2) is 23.1 Å². The first-order valence-electron chi connectivity index (χ1n) is 11.3. The van der Waals surface area contributed by atoms with Gasteiger partial charge in [-0.3, -0.25) is 19.5 Å². The van der Waals surface area contributed by atoms with E-state index in [9.17, 15) is 22.8 Å². The molecule has 188 valence electrons. The summed E-state index contributed by atoms with van der Waals surface area (Å²) in [6.07, 6.45) is 5.81. The normalized spacial score (nSPS) is 23.7. The molecule has 0 aliphatic heterocycles. The van der Waals surface area contributed by atoms with E-state index >= 15 is 0 Å². The maximum Gasteiger partial charge on any atom is 0.278 e. The van der Waals surface area contributed by atoms with Crippen LogP contribution < -0.4 is 10.2 Å². The third-order valence-corrected chi connectivity index (χ3v) is 7.85. The highest BCUT2D eigenvalue weighted by molar-refractivity contribution is 7.13. The lowest BCUT2D eigenvalue weighted by Gasteiger charge is -2.34. The van der Waals surface area contributed by atoms with Crippen molar-refractivity contribution in [1.82, 2.24) is 20.3 Å². The molecule has 1 unspecified atom stereocenters. The van der Waals surface area contributed by atoms with Gasteiger partial charge in [0.1, 0.15) is 12.4 Å². The molecule has 12 heteroatoms. The largest absolute Gasteiger partial charge is 0.351 e. The van der Waals surface area contributed by atoms with Crippen molar-refractivity contribution in [1.29, 1.82) is 0 Å². The van der Waals surface area contributed by atoms with Crippen molar-refractivity contribution in [3.8, 4) is 10.4 Å². The van der Waals surface area contributed by atoms with Crippen molar-refractivity contribution in [2.45, 2.75) is 42.9 Å². The summed E-state index contributed by atoms with van der Waals surface area (Å²) in [5.74, 6) is -5.69. The van der Waals surface area contributed by atoms with Gasteiger partial charge in [0.05, 0.1) is 10.4 Å². The number of alkyl halides is 4. The van der Waals surface area contributed by atoms with Gasteiger partial charge in [0.25, 0.3) is 17.5 Å². The lowest BCUT2D eigenvalue weighted by Crippen LogP contribution is -2.50. The van der Waals surface area contributed by atoms with Crippen molar-refractivity contribution in [2.75, 3.05) is 4.90 Å². The molecule has 2 aliphatic carbocycles. The molecule has 36 heavy (non-hydrogen) atoms. The first-order valence-corrected chi connectivity index (χ1v) is 12.6. The summed E-state index contributed by atoms with van der Waals surface area (Å²) < 4.78 is 42.2. The van der Waals surface area contributed by atoms with E-state index in [1.807, 2.05) is 0 Å². The van der Waals surface area contributed by atoms with Gasteiger partial charge in [-0.2, -0.15) is 0 Å². The second kappa shape index (κ2) is 9.78. The van der Waals surface area contributed by atoms with Crippen LogP contribution in [-0.4, -0.2) is 44.4 Å². The predicted octanol–water partition coefficient (Wildman–Crippen LogP) is 4.76. The van der Waals surface area contributed by atoms with Gasteiger partial charge in [0, 0.05) is 48.2 Å².